The van der Waals surface area contributed by atoms with Gasteiger partial charge in [0.25, 0.3) is 5.91 Å². The van der Waals surface area contributed by atoms with Crippen LogP contribution in [0, 0.1) is 0 Å². The van der Waals surface area contributed by atoms with Crippen molar-refractivity contribution in [3.63, 3.8) is 0 Å². The van der Waals surface area contributed by atoms with E-state index < -0.39 is 0 Å². The van der Waals surface area contributed by atoms with Gasteiger partial charge in [-0.05, 0) is 29.8 Å². The van der Waals surface area contributed by atoms with Crippen molar-refractivity contribution >= 4 is 17.4 Å². The molecule has 2 aliphatic rings. The number of nitrogens with one attached hydrogen (secondary N) is 1. The summed E-state index contributed by atoms with van der Waals surface area (Å²) in [7, 11) is 0. The van der Waals surface area contributed by atoms with Gasteiger partial charge in [-0.15, -0.1) is 0 Å². The first-order valence-corrected chi connectivity index (χ1v) is 11.4. The number of aromatic nitrogens is 1. The number of hydrogen-bond donors (Lipinski definition) is 1. The summed E-state index contributed by atoms with van der Waals surface area (Å²) >= 11 is 0. The highest BCUT2D eigenvalue weighted by Gasteiger charge is 2.25. The number of para-hydroxylation sites is 1. The molecule has 0 radical (unpaired) electrons. The Morgan fingerprint density at radius 1 is 0.781 bits per heavy atom. The summed E-state index contributed by atoms with van der Waals surface area (Å²) in [6.07, 6.45) is 0. The van der Waals surface area contributed by atoms with Gasteiger partial charge >= 0.3 is 0 Å². The molecule has 3 aromatic rings. The van der Waals surface area contributed by atoms with Crippen molar-refractivity contribution in [1.29, 1.82) is 0 Å². The highest BCUT2D eigenvalue weighted by Crippen LogP contribution is 2.22. The molecule has 1 unspecified atom stereocenters. The second kappa shape index (κ2) is 9.40. The van der Waals surface area contributed by atoms with Gasteiger partial charge < -0.3 is 20.0 Å². The predicted molar refractivity (Wildman–Crippen MR) is 128 cm³/mol. The van der Waals surface area contributed by atoms with Gasteiger partial charge in [-0.1, -0.05) is 54.6 Å². The average Bonchev–Trinajstić information content (AvgIpc) is 2.89. The first-order valence-electron chi connectivity index (χ1n) is 11.4. The lowest BCUT2D eigenvalue weighted by Gasteiger charge is -2.36. The maximum atomic E-state index is 13.2. The van der Waals surface area contributed by atoms with Crippen LogP contribution in [-0.2, 0) is 0 Å². The summed E-state index contributed by atoms with van der Waals surface area (Å²) in [5, 5.41) is 3.59. The van der Waals surface area contributed by atoms with E-state index in [4.69, 9.17) is 4.98 Å². The quantitative estimate of drug-likeness (QED) is 0.693. The Balaban J connectivity index is 1.24. The molecule has 1 atom stereocenters. The Hall–Kier alpha value is -3.38. The molecule has 0 bridgehead atoms. The van der Waals surface area contributed by atoms with Gasteiger partial charge in [0.2, 0.25) is 0 Å². The number of hydrogen-bond acceptors (Lipinski definition) is 5. The molecule has 0 aliphatic carbocycles. The zero-order chi connectivity index (χ0) is 21.8. The number of pyridine rings is 1. The highest BCUT2D eigenvalue weighted by molar-refractivity contribution is 5.93. The topological polar surface area (TPSA) is 51.7 Å². The molecule has 32 heavy (non-hydrogen) atoms. The summed E-state index contributed by atoms with van der Waals surface area (Å²) in [4.78, 5) is 24.5. The van der Waals surface area contributed by atoms with Crippen molar-refractivity contribution in [2.45, 2.75) is 6.04 Å². The van der Waals surface area contributed by atoms with Crippen LogP contribution in [0.1, 0.15) is 22.1 Å². The van der Waals surface area contributed by atoms with Crippen molar-refractivity contribution in [3.8, 4) is 0 Å². The number of amides is 1. The maximum absolute atomic E-state index is 13.2. The average molecular weight is 428 g/mol. The predicted octanol–water partition coefficient (Wildman–Crippen LogP) is 3.19. The first-order chi connectivity index (χ1) is 15.8. The van der Waals surface area contributed by atoms with E-state index in [2.05, 4.69) is 63.6 Å². The summed E-state index contributed by atoms with van der Waals surface area (Å²) in [6, 6.07) is 27.0. The van der Waals surface area contributed by atoms with Crippen molar-refractivity contribution in [2.75, 3.05) is 55.6 Å². The van der Waals surface area contributed by atoms with E-state index >= 15 is 0 Å². The Morgan fingerprint density at radius 3 is 2.25 bits per heavy atom. The van der Waals surface area contributed by atoms with Crippen LogP contribution in [0.5, 0.6) is 0 Å². The fraction of sp³-hybridized carbons (Fsp3) is 0.308. The Morgan fingerprint density at radius 2 is 1.50 bits per heavy atom. The molecule has 0 saturated carbocycles. The molecular weight excluding hydrogens is 398 g/mol. The zero-order valence-corrected chi connectivity index (χ0v) is 18.2. The molecule has 2 saturated heterocycles. The van der Waals surface area contributed by atoms with E-state index in [1.807, 2.05) is 35.2 Å². The lowest BCUT2D eigenvalue weighted by Crippen LogP contribution is -2.49. The number of carbonyl (C=O) groups is 1. The van der Waals surface area contributed by atoms with Crippen molar-refractivity contribution in [3.05, 3.63) is 90.1 Å². The monoisotopic (exact) mass is 427 g/mol. The molecule has 5 rings (SSSR count). The van der Waals surface area contributed by atoms with E-state index in [9.17, 15) is 4.79 Å². The van der Waals surface area contributed by atoms with Crippen LogP contribution in [0.25, 0.3) is 0 Å². The molecule has 1 N–H and O–H groups in total. The summed E-state index contributed by atoms with van der Waals surface area (Å²) in [5.41, 5.74) is 3.03. The second-order valence-corrected chi connectivity index (χ2v) is 8.36. The number of benzene rings is 2. The van der Waals surface area contributed by atoms with Gasteiger partial charge in [-0.3, -0.25) is 4.79 Å². The van der Waals surface area contributed by atoms with Gasteiger partial charge in [0.15, 0.2) is 0 Å². The molecular formula is C26H29N5O. The minimum absolute atomic E-state index is 0.0225. The molecule has 3 heterocycles. The van der Waals surface area contributed by atoms with Crippen LogP contribution in [0.15, 0.2) is 78.9 Å². The van der Waals surface area contributed by atoms with E-state index in [0.29, 0.717) is 18.8 Å². The van der Waals surface area contributed by atoms with E-state index in [1.54, 1.807) is 0 Å². The third kappa shape index (κ3) is 4.46. The number of nitrogens with zero attached hydrogens (tertiary/aromatic N) is 4. The van der Waals surface area contributed by atoms with Gasteiger partial charge in [-0.25, -0.2) is 4.98 Å². The molecule has 164 valence electrons. The number of carbonyl (C=O) groups excluding carboxylic acids is 1. The normalized spacial score (nSPS) is 19.1. The summed E-state index contributed by atoms with van der Waals surface area (Å²) in [5.74, 6) is 0.899. The van der Waals surface area contributed by atoms with E-state index in [-0.39, 0.29) is 11.9 Å². The summed E-state index contributed by atoms with van der Waals surface area (Å²) < 4.78 is 0. The zero-order valence-electron chi connectivity index (χ0n) is 18.2. The lowest BCUT2D eigenvalue weighted by atomic mass is 10.0. The van der Waals surface area contributed by atoms with E-state index in [1.165, 1.54) is 11.3 Å². The standard InChI is InChI=1S/C26H29N5O/c32-26(30-18-16-29(17-19-30)22-10-5-2-6-11-22)23-12-7-13-25(28-23)31-15-14-27-24(20-31)21-8-3-1-4-9-21/h1-13,24,27H,14-20H2. The SMILES string of the molecule is O=C(c1cccc(N2CCNC(c3ccccc3)C2)n1)N1CCN(c2ccccc2)CC1. The molecule has 1 aromatic heterocycles. The molecule has 6 nitrogen and oxygen atoms in total. The summed E-state index contributed by atoms with van der Waals surface area (Å²) in [6.45, 7) is 5.71. The molecule has 0 spiro atoms. The lowest BCUT2D eigenvalue weighted by molar-refractivity contribution is 0.0741. The van der Waals surface area contributed by atoms with Crippen LogP contribution in [0.4, 0.5) is 11.5 Å². The second-order valence-electron chi connectivity index (χ2n) is 8.36. The molecule has 2 aliphatic heterocycles. The molecule has 1 amide bonds. The van der Waals surface area contributed by atoms with Crippen LogP contribution in [-0.4, -0.2) is 61.6 Å². The number of rotatable bonds is 4. The van der Waals surface area contributed by atoms with Crippen LogP contribution < -0.4 is 15.1 Å². The molecule has 2 fully saturated rings. The van der Waals surface area contributed by atoms with Crippen molar-refractivity contribution < 1.29 is 4.79 Å². The maximum Gasteiger partial charge on any atom is 0.272 e. The number of anilines is 2. The van der Waals surface area contributed by atoms with E-state index in [0.717, 1.165) is 38.5 Å². The Kier molecular flexibility index (Phi) is 6.03. The Bertz CT molecular complexity index is 1030. The van der Waals surface area contributed by atoms with Crippen molar-refractivity contribution in [2.24, 2.45) is 0 Å². The smallest absolute Gasteiger partial charge is 0.272 e. The van der Waals surface area contributed by atoms with Crippen LogP contribution in [0.3, 0.4) is 0 Å². The Labute approximate surface area is 189 Å². The van der Waals surface area contributed by atoms with Gasteiger partial charge in [0.05, 0.1) is 0 Å². The minimum Gasteiger partial charge on any atom is -0.368 e. The molecule has 6 heteroatoms. The largest absolute Gasteiger partial charge is 0.368 e. The van der Waals surface area contributed by atoms with Crippen LogP contribution in [0.2, 0.25) is 0 Å². The first kappa shape index (κ1) is 20.5. The van der Waals surface area contributed by atoms with Gasteiger partial charge in [0.1, 0.15) is 11.5 Å². The third-order valence-corrected chi connectivity index (χ3v) is 6.34. The van der Waals surface area contributed by atoms with Crippen molar-refractivity contribution in [1.82, 2.24) is 15.2 Å². The van der Waals surface area contributed by atoms with Crippen LogP contribution >= 0.6 is 0 Å². The third-order valence-electron chi connectivity index (χ3n) is 6.34. The van der Waals surface area contributed by atoms with Gasteiger partial charge in [-0.2, -0.15) is 0 Å². The number of piperazine rings is 2. The molecule has 2 aromatic carbocycles. The van der Waals surface area contributed by atoms with Gasteiger partial charge in [0, 0.05) is 57.5 Å². The fourth-order valence-electron chi connectivity index (χ4n) is 4.55. The highest BCUT2D eigenvalue weighted by atomic mass is 16.2. The minimum atomic E-state index is 0.0225. The fourth-order valence-corrected chi connectivity index (χ4v) is 4.55.